The molecule has 0 aromatic carbocycles. The maximum atomic E-state index is 8.52. The fourth-order valence-corrected chi connectivity index (χ4v) is 0.667. The van der Waals surface area contributed by atoms with Gasteiger partial charge in [-0.05, 0) is 6.92 Å². The minimum atomic E-state index is -0.370. The molecule has 0 spiro atoms. The summed E-state index contributed by atoms with van der Waals surface area (Å²) in [5.74, 6) is -0.618. The van der Waals surface area contributed by atoms with Crippen LogP contribution >= 0.6 is 0 Å². The fourth-order valence-electron chi connectivity index (χ4n) is 0.667. The SMILES string of the molecule is CCOC(=C(C#N)C#N)[C+](C#N)C#N. The van der Waals surface area contributed by atoms with Gasteiger partial charge in [0.25, 0.3) is 0 Å². The van der Waals surface area contributed by atoms with Gasteiger partial charge in [0, 0.05) is 0 Å². The Morgan fingerprint density at radius 3 is 1.93 bits per heavy atom. The lowest BCUT2D eigenvalue weighted by Crippen LogP contribution is -2.04. The summed E-state index contributed by atoms with van der Waals surface area (Å²) in [4.78, 5) is 0. The van der Waals surface area contributed by atoms with Crippen LogP contribution in [0.2, 0.25) is 0 Å². The number of ether oxygens (including phenoxy) is 1. The maximum absolute atomic E-state index is 8.52. The predicted octanol–water partition coefficient (Wildman–Crippen LogP) is 0.946. The van der Waals surface area contributed by atoms with Crippen molar-refractivity contribution >= 4 is 0 Å². The van der Waals surface area contributed by atoms with E-state index in [1.54, 1.807) is 31.2 Å². The van der Waals surface area contributed by atoms with E-state index in [0.29, 0.717) is 0 Å². The van der Waals surface area contributed by atoms with E-state index in [9.17, 15) is 0 Å². The summed E-state index contributed by atoms with van der Waals surface area (Å²) in [6.45, 7) is 1.80. The molecule has 0 atom stereocenters. The molecule has 0 amide bonds. The lowest BCUT2D eigenvalue weighted by molar-refractivity contribution is 0.233. The smallest absolute Gasteiger partial charge is 0.347 e. The third-order valence-electron chi connectivity index (χ3n) is 1.19. The van der Waals surface area contributed by atoms with Gasteiger partial charge in [-0.3, -0.25) is 0 Å². The third-order valence-corrected chi connectivity index (χ3v) is 1.19. The molecule has 66 valence electrons. The van der Waals surface area contributed by atoms with Crippen LogP contribution in [0.4, 0.5) is 0 Å². The van der Waals surface area contributed by atoms with Crippen molar-refractivity contribution < 1.29 is 4.74 Å². The standard InChI is InChI=1S/C9H5N4O/c1-2-14-9(7(3-10)4-11)8(5-12)6-13/h2H2,1H3/q+1. The van der Waals surface area contributed by atoms with Gasteiger partial charge in [0.05, 0.1) is 6.61 Å². The summed E-state index contributed by atoms with van der Waals surface area (Å²) >= 11 is 0. The molecule has 5 heteroatoms. The Morgan fingerprint density at radius 1 is 1.14 bits per heavy atom. The van der Waals surface area contributed by atoms with Gasteiger partial charge in [-0.15, -0.1) is 0 Å². The van der Waals surface area contributed by atoms with Crippen molar-refractivity contribution in [3.05, 3.63) is 17.3 Å². The molecular formula is C9H5N4O+. The minimum absolute atomic E-state index is 0.176. The summed E-state index contributed by atoms with van der Waals surface area (Å²) in [6, 6.07) is 6.22. The van der Waals surface area contributed by atoms with E-state index in [-0.39, 0.29) is 23.9 Å². The zero-order valence-electron chi connectivity index (χ0n) is 7.40. The highest BCUT2D eigenvalue weighted by Gasteiger charge is 2.32. The van der Waals surface area contributed by atoms with Crippen molar-refractivity contribution in [2.45, 2.75) is 6.92 Å². The summed E-state index contributed by atoms with van der Waals surface area (Å²) < 4.78 is 4.88. The van der Waals surface area contributed by atoms with Crippen molar-refractivity contribution in [1.82, 2.24) is 0 Å². The van der Waals surface area contributed by atoms with Crippen LogP contribution < -0.4 is 0 Å². The van der Waals surface area contributed by atoms with Gasteiger partial charge >= 0.3 is 17.3 Å². The Morgan fingerprint density at radius 2 is 1.64 bits per heavy atom. The minimum Gasteiger partial charge on any atom is -0.459 e. The first kappa shape index (κ1) is 11.4. The number of nitrogens with zero attached hydrogens (tertiary/aromatic N) is 4. The number of allylic oxidation sites excluding steroid dienone is 2. The summed E-state index contributed by atoms with van der Waals surface area (Å²) in [5.41, 5.74) is -0.370. The van der Waals surface area contributed by atoms with E-state index >= 15 is 0 Å². The molecule has 0 heterocycles. The van der Waals surface area contributed by atoms with Gasteiger partial charge in [-0.2, -0.15) is 21.0 Å². The molecule has 0 aromatic heterocycles. The predicted molar refractivity (Wildman–Crippen MR) is 44.3 cm³/mol. The van der Waals surface area contributed by atoms with Crippen LogP contribution in [-0.4, -0.2) is 6.61 Å². The second-order valence-corrected chi connectivity index (χ2v) is 1.96. The average Bonchev–Trinajstić information content (AvgIpc) is 2.21. The van der Waals surface area contributed by atoms with Crippen LogP contribution in [0, 0.1) is 51.2 Å². The highest BCUT2D eigenvalue weighted by atomic mass is 16.5. The molecule has 0 saturated heterocycles. The topological polar surface area (TPSA) is 104 Å². The number of hydrogen-bond donors (Lipinski definition) is 0. The molecule has 0 aromatic rings. The highest BCUT2D eigenvalue weighted by molar-refractivity contribution is 5.52. The number of rotatable bonds is 3. The van der Waals surface area contributed by atoms with E-state index in [1.807, 2.05) is 0 Å². The van der Waals surface area contributed by atoms with Crippen molar-refractivity contribution in [1.29, 1.82) is 21.0 Å². The lowest BCUT2D eigenvalue weighted by Gasteiger charge is -1.97. The Labute approximate surface area is 81.7 Å². The third kappa shape index (κ3) is 2.45. The maximum Gasteiger partial charge on any atom is 0.347 e. The van der Waals surface area contributed by atoms with E-state index in [2.05, 4.69) is 0 Å². The summed E-state index contributed by atoms with van der Waals surface area (Å²) in [5, 5.41) is 34.1. The Bertz CT molecular complexity index is 366. The molecule has 0 N–H and O–H groups in total. The quantitative estimate of drug-likeness (QED) is 0.369. The molecule has 0 fully saturated rings. The monoisotopic (exact) mass is 185 g/mol. The first-order chi connectivity index (χ1) is 6.74. The molecular weight excluding hydrogens is 180 g/mol. The zero-order valence-corrected chi connectivity index (χ0v) is 7.40. The van der Waals surface area contributed by atoms with Crippen LogP contribution in [0.15, 0.2) is 11.3 Å². The van der Waals surface area contributed by atoms with Gasteiger partial charge in [0.1, 0.15) is 0 Å². The molecule has 5 nitrogen and oxygen atoms in total. The zero-order chi connectivity index (χ0) is 11.0. The highest BCUT2D eigenvalue weighted by Crippen LogP contribution is 2.17. The Balaban J connectivity index is 5.30. The molecule has 0 aliphatic rings. The van der Waals surface area contributed by atoms with Gasteiger partial charge < -0.3 is 4.74 Å². The molecule has 0 saturated carbocycles. The van der Waals surface area contributed by atoms with Crippen molar-refractivity contribution in [3.63, 3.8) is 0 Å². The average molecular weight is 185 g/mol. The van der Waals surface area contributed by atoms with Crippen LogP contribution in [-0.2, 0) is 4.74 Å². The molecule has 0 aliphatic carbocycles. The van der Waals surface area contributed by atoms with Crippen LogP contribution in [0.3, 0.4) is 0 Å². The second-order valence-electron chi connectivity index (χ2n) is 1.96. The van der Waals surface area contributed by atoms with Crippen LogP contribution in [0.1, 0.15) is 6.92 Å². The number of nitriles is 4. The molecule has 0 bridgehead atoms. The van der Waals surface area contributed by atoms with Crippen LogP contribution in [0.25, 0.3) is 0 Å². The Hall–Kier alpha value is -2.63. The van der Waals surface area contributed by atoms with Crippen LogP contribution in [0.5, 0.6) is 0 Å². The van der Waals surface area contributed by atoms with E-state index < -0.39 is 0 Å². The van der Waals surface area contributed by atoms with E-state index in [4.69, 9.17) is 25.8 Å². The fraction of sp³-hybridized carbons (Fsp3) is 0.222. The lowest BCUT2D eigenvalue weighted by atomic mass is 10.1. The molecule has 0 aliphatic heterocycles. The second kappa shape index (κ2) is 5.95. The Kier molecular flexibility index (Phi) is 4.83. The number of hydrogen-bond acceptors (Lipinski definition) is 5. The van der Waals surface area contributed by atoms with Gasteiger partial charge in [-0.1, -0.05) is 0 Å². The first-order valence-corrected chi connectivity index (χ1v) is 3.59. The van der Waals surface area contributed by atoms with E-state index in [1.165, 1.54) is 0 Å². The summed E-state index contributed by atoms with van der Waals surface area (Å²) in [6.07, 6.45) is 0. The molecule has 0 unspecified atom stereocenters. The van der Waals surface area contributed by atoms with Crippen molar-refractivity contribution in [3.8, 4) is 24.3 Å². The van der Waals surface area contributed by atoms with Gasteiger partial charge in [0.2, 0.25) is 24.3 Å². The first-order valence-electron chi connectivity index (χ1n) is 3.59. The molecule has 0 rings (SSSR count). The van der Waals surface area contributed by atoms with Gasteiger partial charge in [-0.25, -0.2) is 0 Å². The molecule has 14 heavy (non-hydrogen) atoms. The summed E-state index contributed by atoms with van der Waals surface area (Å²) in [7, 11) is 0. The van der Waals surface area contributed by atoms with Crippen molar-refractivity contribution in [2.75, 3.05) is 6.61 Å². The van der Waals surface area contributed by atoms with Crippen molar-refractivity contribution in [2.24, 2.45) is 0 Å². The van der Waals surface area contributed by atoms with Gasteiger partial charge in [0.15, 0.2) is 0 Å². The largest absolute Gasteiger partial charge is 0.459 e. The normalized spacial score (nSPS) is 6.93. The van der Waals surface area contributed by atoms with E-state index in [0.717, 1.165) is 0 Å². The molecule has 0 radical (unpaired) electrons.